The maximum absolute atomic E-state index is 13.0. The van der Waals surface area contributed by atoms with Crippen LogP contribution in [0, 0.1) is 5.41 Å². The number of amides is 1. The zero-order valence-electron chi connectivity index (χ0n) is 16.6. The summed E-state index contributed by atoms with van der Waals surface area (Å²) in [5.41, 5.74) is 2.73. The molecular formula is C22H25N3O4. The molecule has 29 heavy (non-hydrogen) atoms. The number of likely N-dealkylation sites (tertiary alicyclic amines) is 1. The zero-order valence-corrected chi connectivity index (χ0v) is 16.6. The number of nitrogens with zero attached hydrogens (tertiary/aromatic N) is 3. The van der Waals surface area contributed by atoms with Gasteiger partial charge in [-0.1, -0.05) is 0 Å². The molecule has 0 bridgehead atoms. The molecule has 4 heterocycles. The second kappa shape index (κ2) is 7.22. The van der Waals surface area contributed by atoms with Gasteiger partial charge in [0, 0.05) is 50.7 Å². The van der Waals surface area contributed by atoms with Crippen LogP contribution in [-0.4, -0.2) is 62.5 Å². The molecule has 2 fully saturated rings. The van der Waals surface area contributed by atoms with E-state index >= 15 is 0 Å². The molecule has 0 saturated carbocycles. The minimum atomic E-state index is -0.254. The summed E-state index contributed by atoms with van der Waals surface area (Å²) in [5, 5.41) is 0. The highest BCUT2D eigenvalue weighted by molar-refractivity contribution is 5.86. The van der Waals surface area contributed by atoms with Gasteiger partial charge in [0.05, 0.1) is 17.7 Å². The van der Waals surface area contributed by atoms with Gasteiger partial charge in [0.2, 0.25) is 12.7 Å². The quantitative estimate of drug-likeness (QED) is 0.775. The van der Waals surface area contributed by atoms with Gasteiger partial charge >= 0.3 is 0 Å². The Hall–Kier alpha value is -2.80. The second-order valence-electron chi connectivity index (χ2n) is 7.95. The molecule has 1 unspecified atom stereocenters. The number of ether oxygens (including phenoxy) is 3. The van der Waals surface area contributed by atoms with E-state index in [9.17, 15) is 4.79 Å². The molecule has 0 radical (unpaired) electrons. The average Bonchev–Trinajstić information content (AvgIpc) is 3.47. The second-order valence-corrected chi connectivity index (χ2v) is 7.95. The topological polar surface area (TPSA) is 64.1 Å². The Labute approximate surface area is 170 Å². The molecule has 1 aromatic carbocycles. The van der Waals surface area contributed by atoms with E-state index in [1.807, 2.05) is 35.4 Å². The van der Waals surface area contributed by atoms with Crippen molar-refractivity contribution in [3.63, 3.8) is 0 Å². The lowest BCUT2D eigenvalue weighted by Gasteiger charge is -2.24. The summed E-state index contributed by atoms with van der Waals surface area (Å²) in [4.78, 5) is 21.8. The molecule has 7 nitrogen and oxygen atoms in total. The molecule has 1 atom stereocenters. The van der Waals surface area contributed by atoms with Crippen molar-refractivity contribution in [3.8, 4) is 22.8 Å². The van der Waals surface area contributed by atoms with Crippen LogP contribution in [0.5, 0.6) is 11.5 Å². The summed E-state index contributed by atoms with van der Waals surface area (Å²) in [7, 11) is 1.68. The largest absolute Gasteiger partial charge is 0.454 e. The van der Waals surface area contributed by atoms with Crippen LogP contribution in [0.4, 0.5) is 5.69 Å². The monoisotopic (exact) mass is 395 g/mol. The summed E-state index contributed by atoms with van der Waals surface area (Å²) in [6.07, 6.45) is 3.66. The van der Waals surface area contributed by atoms with Crippen molar-refractivity contribution in [1.82, 2.24) is 9.88 Å². The number of hydrogen-bond donors (Lipinski definition) is 0. The van der Waals surface area contributed by atoms with Gasteiger partial charge in [-0.3, -0.25) is 9.78 Å². The molecule has 1 aromatic heterocycles. The first-order valence-corrected chi connectivity index (χ1v) is 10.1. The minimum Gasteiger partial charge on any atom is -0.454 e. The highest BCUT2D eigenvalue weighted by Crippen LogP contribution is 2.42. The molecule has 0 N–H and O–H groups in total. The average molecular weight is 395 g/mol. The first kappa shape index (κ1) is 18.2. The summed E-state index contributed by atoms with van der Waals surface area (Å²) >= 11 is 0. The molecule has 1 spiro atoms. The van der Waals surface area contributed by atoms with Gasteiger partial charge in [0.25, 0.3) is 0 Å². The number of methoxy groups -OCH3 is 1. The van der Waals surface area contributed by atoms with E-state index in [1.165, 1.54) is 0 Å². The molecule has 1 amide bonds. The molecule has 7 heteroatoms. The van der Waals surface area contributed by atoms with Gasteiger partial charge in [0.15, 0.2) is 11.5 Å². The Balaban J connectivity index is 1.34. The van der Waals surface area contributed by atoms with E-state index < -0.39 is 0 Å². The van der Waals surface area contributed by atoms with E-state index in [0.717, 1.165) is 60.9 Å². The summed E-state index contributed by atoms with van der Waals surface area (Å²) in [6, 6.07) is 10.0. The number of hydrogen-bond acceptors (Lipinski definition) is 6. The molecular weight excluding hydrogens is 370 g/mol. The first-order chi connectivity index (χ1) is 14.2. The zero-order chi connectivity index (χ0) is 19.8. The van der Waals surface area contributed by atoms with Crippen molar-refractivity contribution in [1.29, 1.82) is 0 Å². The van der Waals surface area contributed by atoms with E-state index in [1.54, 1.807) is 7.11 Å². The minimum absolute atomic E-state index is 0.254. The number of pyridine rings is 1. The molecule has 3 aliphatic heterocycles. The van der Waals surface area contributed by atoms with Crippen LogP contribution in [0.2, 0.25) is 0 Å². The Morgan fingerprint density at radius 3 is 2.90 bits per heavy atom. The predicted octanol–water partition coefficient (Wildman–Crippen LogP) is 2.55. The normalized spacial score (nSPS) is 22.9. The van der Waals surface area contributed by atoms with E-state index in [-0.39, 0.29) is 18.1 Å². The number of carbonyl (C=O) groups excluding carboxylic acids is 1. The van der Waals surface area contributed by atoms with Gasteiger partial charge in [-0.2, -0.15) is 0 Å². The fourth-order valence-electron chi connectivity index (χ4n) is 4.61. The van der Waals surface area contributed by atoms with Crippen molar-refractivity contribution < 1.29 is 19.0 Å². The maximum Gasteiger partial charge on any atom is 0.231 e. The Bertz CT molecular complexity index is 934. The van der Waals surface area contributed by atoms with Crippen molar-refractivity contribution in [3.05, 3.63) is 36.5 Å². The van der Waals surface area contributed by atoms with E-state index in [4.69, 9.17) is 14.2 Å². The maximum atomic E-state index is 13.0. The Morgan fingerprint density at radius 1 is 1.14 bits per heavy atom. The lowest BCUT2D eigenvalue weighted by atomic mass is 9.85. The highest BCUT2D eigenvalue weighted by atomic mass is 16.7. The SMILES string of the molecule is COCCN1CCC2(CCN(c3ccnc(-c4ccc5c(c4)OCO5)c3)C2)C1=O. The molecule has 3 aliphatic rings. The predicted molar refractivity (Wildman–Crippen MR) is 108 cm³/mol. The fraction of sp³-hybridized carbons (Fsp3) is 0.455. The third kappa shape index (κ3) is 3.19. The highest BCUT2D eigenvalue weighted by Gasteiger charge is 2.50. The Morgan fingerprint density at radius 2 is 2.00 bits per heavy atom. The van der Waals surface area contributed by atoms with Crippen molar-refractivity contribution >= 4 is 11.6 Å². The molecule has 2 aromatic rings. The van der Waals surface area contributed by atoms with Crippen molar-refractivity contribution in [2.24, 2.45) is 5.41 Å². The van der Waals surface area contributed by atoms with Gasteiger partial charge < -0.3 is 24.0 Å². The first-order valence-electron chi connectivity index (χ1n) is 10.1. The standard InChI is InChI=1S/C22H25N3O4/c1-27-11-10-24-8-5-22(21(24)26)6-9-25(14-22)17-4-7-23-18(13-17)16-2-3-19-20(12-16)29-15-28-19/h2-4,7,12-13H,5-6,8-11,14-15H2,1H3. The molecule has 152 valence electrons. The number of aromatic nitrogens is 1. The van der Waals surface area contributed by atoms with Gasteiger partial charge in [-0.15, -0.1) is 0 Å². The number of rotatable bonds is 5. The number of carbonyl (C=O) groups is 1. The van der Waals surface area contributed by atoms with Gasteiger partial charge in [-0.05, 0) is 43.2 Å². The third-order valence-corrected chi connectivity index (χ3v) is 6.30. The van der Waals surface area contributed by atoms with Gasteiger partial charge in [-0.25, -0.2) is 0 Å². The van der Waals surface area contributed by atoms with Crippen molar-refractivity contribution in [2.45, 2.75) is 12.8 Å². The van der Waals surface area contributed by atoms with Crippen LogP contribution in [0.1, 0.15) is 12.8 Å². The Kier molecular flexibility index (Phi) is 4.54. The number of anilines is 1. The lowest BCUT2D eigenvalue weighted by molar-refractivity contribution is -0.135. The van der Waals surface area contributed by atoms with Crippen LogP contribution >= 0.6 is 0 Å². The van der Waals surface area contributed by atoms with Crippen LogP contribution in [0.3, 0.4) is 0 Å². The summed E-state index contributed by atoms with van der Waals surface area (Å²) in [5.74, 6) is 1.80. The molecule has 5 rings (SSSR count). The van der Waals surface area contributed by atoms with Crippen LogP contribution in [0.25, 0.3) is 11.3 Å². The summed E-state index contributed by atoms with van der Waals surface area (Å²) in [6.45, 7) is 4.01. The smallest absolute Gasteiger partial charge is 0.231 e. The fourth-order valence-corrected chi connectivity index (χ4v) is 4.61. The third-order valence-electron chi connectivity index (χ3n) is 6.30. The van der Waals surface area contributed by atoms with E-state index in [0.29, 0.717) is 13.2 Å². The van der Waals surface area contributed by atoms with Crippen LogP contribution in [0.15, 0.2) is 36.5 Å². The molecule has 2 saturated heterocycles. The summed E-state index contributed by atoms with van der Waals surface area (Å²) < 4.78 is 16.0. The van der Waals surface area contributed by atoms with Crippen molar-refractivity contribution in [2.75, 3.05) is 51.6 Å². The number of fused-ring (bicyclic) bond motifs is 1. The van der Waals surface area contributed by atoms with E-state index in [2.05, 4.69) is 16.0 Å². The lowest BCUT2D eigenvalue weighted by Crippen LogP contribution is -2.38. The van der Waals surface area contributed by atoms with Crippen LogP contribution < -0.4 is 14.4 Å². The molecule has 0 aliphatic carbocycles. The van der Waals surface area contributed by atoms with Gasteiger partial charge in [0.1, 0.15) is 0 Å². The van der Waals surface area contributed by atoms with Crippen LogP contribution in [-0.2, 0) is 9.53 Å². The number of benzene rings is 1.